The predicted octanol–water partition coefficient (Wildman–Crippen LogP) is 5.80. The highest BCUT2D eigenvalue weighted by molar-refractivity contribution is 5.83. The minimum absolute atomic E-state index is 0.00347. The maximum Gasteiger partial charge on any atom is 0.220 e. The van der Waals surface area contributed by atoms with Crippen LogP contribution in [0, 0.1) is 16.7 Å². The van der Waals surface area contributed by atoms with Crippen LogP contribution in [-0.2, 0) is 17.8 Å². The van der Waals surface area contributed by atoms with Gasteiger partial charge in [-0.1, -0.05) is 44.2 Å². The van der Waals surface area contributed by atoms with E-state index < -0.39 is 5.60 Å². The zero-order chi connectivity index (χ0) is 28.5. The lowest BCUT2D eigenvalue weighted by Crippen LogP contribution is -2.51. The van der Waals surface area contributed by atoms with Crippen molar-refractivity contribution in [3.8, 4) is 0 Å². The number of carbonyl (C=O) groups is 1. The zero-order valence-electron chi connectivity index (χ0n) is 25.0. The third-order valence-electron chi connectivity index (χ3n) is 10.0. The molecule has 1 heterocycles. The molecule has 2 saturated carbocycles. The summed E-state index contributed by atoms with van der Waals surface area (Å²) < 4.78 is 0. The van der Waals surface area contributed by atoms with Crippen molar-refractivity contribution in [2.45, 2.75) is 83.9 Å². The van der Waals surface area contributed by atoms with Crippen LogP contribution in [-0.4, -0.2) is 48.3 Å². The number of hydrogen-bond donors (Lipinski definition) is 4. The Balaban J connectivity index is 1.25. The summed E-state index contributed by atoms with van der Waals surface area (Å²) in [4.78, 5) is 18.6. The molecule has 216 valence electrons. The minimum Gasteiger partial charge on any atom is -0.390 e. The maximum absolute atomic E-state index is 13.1. The molecule has 40 heavy (non-hydrogen) atoms. The third kappa shape index (κ3) is 5.94. The maximum atomic E-state index is 13.1. The largest absolute Gasteiger partial charge is 0.390 e. The molecule has 0 radical (unpaired) electrons. The van der Waals surface area contributed by atoms with Crippen LogP contribution in [0.3, 0.4) is 0 Å². The van der Waals surface area contributed by atoms with Gasteiger partial charge in [-0.05, 0) is 91.5 Å². The Labute approximate surface area is 239 Å². The summed E-state index contributed by atoms with van der Waals surface area (Å²) in [5.41, 5.74) is 4.32. The highest BCUT2D eigenvalue weighted by atomic mass is 16.3. The van der Waals surface area contributed by atoms with Crippen LogP contribution in [0.25, 0.3) is 10.9 Å². The molecule has 0 saturated heterocycles. The van der Waals surface area contributed by atoms with Gasteiger partial charge >= 0.3 is 0 Å². The van der Waals surface area contributed by atoms with Crippen LogP contribution in [0.15, 0.2) is 54.7 Å². The lowest BCUT2D eigenvalue weighted by atomic mass is 9.57. The quantitative estimate of drug-likeness (QED) is 0.260. The first-order valence-corrected chi connectivity index (χ1v) is 15.0. The molecule has 6 nitrogen and oxygen atoms in total. The number of nitrogens with one attached hydrogen (secondary N) is 3. The first-order valence-electron chi connectivity index (χ1n) is 15.0. The molecule has 2 fully saturated rings. The predicted molar refractivity (Wildman–Crippen MR) is 164 cm³/mol. The Morgan fingerprint density at radius 2 is 1.80 bits per heavy atom. The van der Waals surface area contributed by atoms with Gasteiger partial charge in [0.25, 0.3) is 0 Å². The minimum atomic E-state index is -0.635. The van der Waals surface area contributed by atoms with E-state index in [0.717, 1.165) is 50.6 Å². The molecule has 2 aromatic carbocycles. The number of aliphatic hydroxyl groups is 1. The van der Waals surface area contributed by atoms with Gasteiger partial charge < -0.3 is 25.6 Å². The number of fused-ring (bicyclic) bond motifs is 2. The molecule has 1 amide bonds. The van der Waals surface area contributed by atoms with Gasteiger partial charge in [0.15, 0.2) is 0 Å². The molecule has 4 unspecified atom stereocenters. The molecular weight excluding hydrogens is 496 g/mol. The molecule has 2 aliphatic rings. The van der Waals surface area contributed by atoms with Gasteiger partial charge in [-0.3, -0.25) is 4.79 Å². The van der Waals surface area contributed by atoms with Crippen LogP contribution in [0.2, 0.25) is 0 Å². The van der Waals surface area contributed by atoms with Gasteiger partial charge in [0.05, 0.1) is 5.60 Å². The summed E-state index contributed by atoms with van der Waals surface area (Å²) in [5.74, 6) is 0.504. The number of aromatic amines is 1. The normalized spacial score (nSPS) is 27.4. The topological polar surface area (TPSA) is 80.4 Å². The molecule has 5 rings (SSSR count). The van der Waals surface area contributed by atoms with Crippen molar-refractivity contribution in [2.75, 3.05) is 25.5 Å². The molecule has 1 aromatic heterocycles. The van der Waals surface area contributed by atoms with Gasteiger partial charge in [0.1, 0.15) is 0 Å². The van der Waals surface area contributed by atoms with Gasteiger partial charge in [-0.2, -0.15) is 0 Å². The number of benzene rings is 2. The highest BCUT2D eigenvalue weighted by Gasteiger charge is 2.61. The summed E-state index contributed by atoms with van der Waals surface area (Å²) >= 11 is 0. The van der Waals surface area contributed by atoms with Gasteiger partial charge in [0.2, 0.25) is 5.91 Å². The van der Waals surface area contributed by atoms with Gasteiger partial charge in [0, 0.05) is 62.4 Å². The monoisotopic (exact) mass is 544 g/mol. The lowest BCUT2D eigenvalue weighted by molar-refractivity contribution is -0.123. The fraction of sp³-hybridized carbons (Fsp3) is 0.559. The van der Waals surface area contributed by atoms with E-state index in [-0.39, 0.29) is 16.7 Å². The standard InChI is InChI=1S/C34H48N4O2/c1-32(2)21-30(37-22-24-10-12-26(13-11-24)38(4)5)34(18-17-33(3,40)20-29(32)34)16-14-31(39)35-19-15-25-23-36-28-9-7-6-8-27(25)28/h6-13,23,29-30,36-37,40H,14-22H2,1-5H3,(H,35,39). The van der Waals surface area contributed by atoms with E-state index in [4.69, 9.17) is 0 Å². The number of aromatic nitrogens is 1. The fourth-order valence-corrected chi connectivity index (χ4v) is 7.78. The molecule has 0 aliphatic heterocycles. The van der Waals surface area contributed by atoms with Crippen molar-refractivity contribution in [3.05, 3.63) is 65.9 Å². The summed E-state index contributed by atoms with van der Waals surface area (Å²) in [5, 5.41) is 19.5. The number of anilines is 1. The van der Waals surface area contributed by atoms with E-state index in [2.05, 4.69) is 97.1 Å². The number of rotatable bonds is 10. The fourth-order valence-electron chi connectivity index (χ4n) is 7.78. The van der Waals surface area contributed by atoms with Crippen molar-refractivity contribution in [1.82, 2.24) is 15.6 Å². The Morgan fingerprint density at radius 3 is 2.55 bits per heavy atom. The molecule has 4 N–H and O–H groups in total. The van der Waals surface area contributed by atoms with E-state index in [1.807, 2.05) is 13.0 Å². The molecule has 2 aliphatic carbocycles. The average Bonchev–Trinajstić information content (AvgIpc) is 3.42. The Morgan fingerprint density at radius 1 is 1.05 bits per heavy atom. The number of para-hydroxylation sites is 1. The van der Waals surface area contributed by atoms with Crippen LogP contribution in [0.5, 0.6) is 0 Å². The molecule has 3 aromatic rings. The molecule has 6 heteroatoms. The van der Waals surface area contributed by atoms with E-state index in [9.17, 15) is 9.90 Å². The van der Waals surface area contributed by atoms with Crippen LogP contribution in [0.4, 0.5) is 5.69 Å². The lowest BCUT2D eigenvalue weighted by Gasteiger charge is -2.51. The summed E-state index contributed by atoms with van der Waals surface area (Å²) in [6.07, 6.45) is 7.86. The van der Waals surface area contributed by atoms with Crippen molar-refractivity contribution in [1.29, 1.82) is 0 Å². The number of carbonyl (C=O) groups excluding carboxylic acids is 1. The Bertz CT molecular complexity index is 1310. The van der Waals surface area contributed by atoms with Crippen molar-refractivity contribution < 1.29 is 9.90 Å². The smallest absolute Gasteiger partial charge is 0.220 e. The van der Waals surface area contributed by atoms with Gasteiger partial charge in [-0.25, -0.2) is 0 Å². The molecular formula is C34H48N4O2. The van der Waals surface area contributed by atoms with E-state index in [0.29, 0.717) is 24.9 Å². The highest BCUT2D eigenvalue weighted by Crippen LogP contribution is 2.63. The Kier molecular flexibility index (Phi) is 8.04. The first-order chi connectivity index (χ1) is 19.0. The summed E-state index contributed by atoms with van der Waals surface area (Å²) in [6, 6.07) is 17.4. The summed E-state index contributed by atoms with van der Waals surface area (Å²) in [6.45, 7) is 8.18. The molecule has 0 bridgehead atoms. The second kappa shape index (κ2) is 11.2. The molecule has 4 atom stereocenters. The number of amides is 1. The van der Waals surface area contributed by atoms with Crippen LogP contribution >= 0.6 is 0 Å². The number of nitrogens with zero attached hydrogens (tertiary/aromatic N) is 1. The summed E-state index contributed by atoms with van der Waals surface area (Å²) in [7, 11) is 4.13. The first kappa shape index (κ1) is 28.7. The third-order valence-corrected chi connectivity index (χ3v) is 10.0. The second-order valence-electron chi connectivity index (χ2n) is 13.6. The van der Waals surface area contributed by atoms with Crippen LogP contribution < -0.4 is 15.5 Å². The van der Waals surface area contributed by atoms with Crippen LogP contribution in [0.1, 0.15) is 70.4 Å². The SMILES string of the molecule is CN(C)c1ccc(CNC2CC(C)(C)C3CC(C)(O)CCC23CCC(=O)NCCc2c[nH]c3ccccc23)cc1. The van der Waals surface area contributed by atoms with E-state index in [1.165, 1.54) is 22.2 Å². The Hall–Kier alpha value is -2.83. The van der Waals surface area contributed by atoms with Crippen molar-refractivity contribution in [2.24, 2.45) is 16.7 Å². The second-order valence-corrected chi connectivity index (χ2v) is 13.6. The van der Waals surface area contributed by atoms with Crippen molar-refractivity contribution >= 4 is 22.5 Å². The van der Waals surface area contributed by atoms with E-state index >= 15 is 0 Å². The number of hydrogen-bond acceptors (Lipinski definition) is 4. The number of H-pyrrole nitrogens is 1. The van der Waals surface area contributed by atoms with Crippen molar-refractivity contribution in [3.63, 3.8) is 0 Å². The average molecular weight is 545 g/mol. The van der Waals surface area contributed by atoms with Gasteiger partial charge in [-0.15, -0.1) is 0 Å². The zero-order valence-corrected chi connectivity index (χ0v) is 25.0. The van der Waals surface area contributed by atoms with E-state index in [1.54, 1.807) is 0 Å². The molecule has 0 spiro atoms.